The van der Waals surface area contributed by atoms with Crippen LogP contribution in [0.2, 0.25) is 0 Å². The molecule has 144 valence electrons. The van der Waals surface area contributed by atoms with Gasteiger partial charge in [0.25, 0.3) is 0 Å². The lowest BCUT2D eigenvalue weighted by Gasteiger charge is -2.18. The van der Waals surface area contributed by atoms with E-state index in [4.69, 9.17) is 18.9 Å². The molecule has 1 N–H and O–H groups in total. The van der Waals surface area contributed by atoms with Gasteiger partial charge in [-0.05, 0) is 38.0 Å². The van der Waals surface area contributed by atoms with E-state index in [0.29, 0.717) is 19.6 Å². The molecule has 2 rings (SSSR count). The zero-order valence-electron chi connectivity index (χ0n) is 16.2. The van der Waals surface area contributed by atoms with E-state index in [2.05, 4.69) is 18.8 Å². The Kier molecular flexibility index (Phi) is 7.92. The van der Waals surface area contributed by atoms with Gasteiger partial charge >= 0.3 is 0 Å². The van der Waals surface area contributed by atoms with Crippen molar-refractivity contribution in [1.82, 2.24) is 0 Å². The van der Waals surface area contributed by atoms with E-state index < -0.39 is 18.0 Å². The second-order valence-corrected chi connectivity index (χ2v) is 6.84. The molecule has 0 saturated carbocycles. The number of methoxy groups -OCH3 is 1. The summed E-state index contributed by atoms with van der Waals surface area (Å²) < 4.78 is 22.4. The lowest BCUT2D eigenvalue weighted by Crippen LogP contribution is -2.34. The normalized spacial score (nSPS) is 22.5. The van der Waals surface area contributed by atoms with E-state index in [-0.39, 0.29) is 6.10 Å². The van der Waals surface area contributed by atoms with Gasteiger partial charge in [0.05, 0.1) is 26.4 Å². The van der Waals surface area contributed by atoms with Gasteiger partial charge in [0.15, 0.2) is 5.79 Å². The molecular weight excluding hydrogens is 332 g/mol. The van der Waals surface area contributed by atoms with Crippen molar-refractivity contribution in [3.05, 3.63) is 29.8 Å². The van der Waals surface area contributed by atoms with Crippen LogP contribution in [0, 0.1) is 11.8 Å². The molecule has 3 atom stereocenters. The third-order valence-corrected chi connectivity index (χ3v) is 4.16. The van der Waals surface area contributed by atoms with E-state index in [1.165, 1.54) is 0 Å². The number of hydrogen-bond donors (Lipinski definition) is 1. The van der Waals surface area contributed by atoms with E-state index in [1.807, 2.05) is 38.1 Å². The Morgan fingerprint density at radius 3 is 2.62 bits per heavy atom. The van der Waals surface area contributed by atoms with Crippen LogP contribution in [-0.4, -0.2) is 42.9 Å². The van der Waals surface area contributed by atoms with E-state index in [0.717, 1.165) is 24.2 Å². The maximum atomic E-state index is 10.3. The molecule has 5 nitrogen and oxygen atoms in total. The molecule has 1 aliphatic heterocycles. The summed E-state index contributed by atoms with van der Waals surface area (Å²) in [5, 5.41) is 10.3. The Morgan fingerprint density at radius 2 is 1.96 bits per heavy atom. The molecule has 5 heteroatoms. The van der Waals surface area contributed by atoms with Crippen molar-refractivity contribution in [2.75, 3.05) is 13.7 Å². The topological polar surface area (TPSA) is 57.2 Å². The average Bonchev–Trinajstić information content (AvgIpc) is 2.93. The van der Waals surface area contributed by atoms with Crippen LogP contribution < -0.4 is 4.74 Å². The van der Waals surface area contributed by atoms with Gasteiger partial charge in [-0.3, -0.25) is 0 Å². The molecule has 1 saturated heterocycles. The Labute approximate surface area is 156 Å². The minimum absolute atomic E-state index is 0.120. The minimum Gasteiger partial charge on any atom is -0.497 e. The standard InChI is InChI=1S/C21H30O5/c1-5-8-19-20(26-21(2,3)25-19)18(22)9-6-7-14-24-15-16-10-12-17(23-4)13-11-16/h10-13,18-20,22H,5,7-8,14-15H2,1-4H3/t18?,19?,20-/m1/s1. The van der Waals surface area contributed by atoms with Crippen molar-refractivity contribution in [3.8, 4) is 17.6 Å². The predicted molar refractivity (Wildman–Crippen MR) is 99.8 cm³/mol. The SMILES string of the molecule is CCCC1OC(C)(C)O[C@@H]1C(O)C#CCCOCc1ccc(OC)cc1. The summed E-state index contributed by atoms with van der Waals surface area (Å²) in [6, 6.07) is 7.77. The Morgan fingerprint density at radius 1 is 1.23 bits per heavy atom. The molecule has 0 aromatic heterocycles. The summed E-state index contributed by atoms with van der Waals surface area (Å²) in [6.45, 7) is 6.85. The van der Waals surface area contributed by atoms with Gasteiger partial charge in [-0.1, -0.05) is 37.3 Å². The fourth-order valence-electron chi connectivity index (χ4n) is 2.93. The summed E-state index contributed by atoms with van der Waals surface area (Å²) in [4.78, 5) is 0. The number of benzene rings is 1. The van der Waals surface area contributed by atoms with Crippen LogP contribution in [0.4, 0.5) is 0 Å². The van der Waals surface area contributed by atoms with Crippen molar-refractivity contribution in [1.29, 1.82) is 0 Å². The van der Waals surface area contributed by atoms with Crippen LogP contribution in [0.3, 0.4) is 0 Å². The third-order valence-electron chi connectivity index (χ3n) is 4.16. The zero-order valence-corrected chi connectivity index (χ0v) is 16.2. The van der Waals surface area contributed by atoms with Crippen LogP contribution in [-0.2, 0) is 20.8 Å². The smallest absolute Gasteiger partial charge is 0.163 e. The van der Waals surface area contributed by atoms with Gasteiger partial charge < -0.3 is 24.1 Å². The summed E-state index contributed by atoms with van der Waals surface area (Å²) >= 11 is 0. The molecule has 0 bridgehead atoms. The van der Waals surface area contributed by atoms with Crippen molar-refractivity contribution in [3.63, 3.8) is 0 Å². The van der Waals surface area contributed by atoms with E-state index in [9.17, 15) is 5.11 Å². The first-order valence-electron chi connectivity index (χ1n) is 9.18. The van der Waals surface area contributed by atoms with E-state index in [1.54, 1.807) is 7.11 Å². The molecule has 0 spiro atoms. The van der Waals surface area contributed by atoms with Gasteiger partial charge in [-0.25, -0.2) is 0 Å². The van der Waals surface area contributed by atoms with Crippen molar-refractivity contribution in [2.24, 2.45) is 0 Å². The number of hydrogen-bond acceptors (Lipinski definition) is 5. The molecule has 0 amide bonds. The molecule has 1 fully saturated rings. The minimum atomic E-state index is -0.852. The molecule has 1 aromatic carbocycles. The molecule has 0 aliphatic carbocycles. The van der Waals surface area contributed by atoms with Crippen molar-refractivity contribution in [2.45, 2.75) is 70.7 Å². The molecule has 0 radical (unpaired) electrons. The number of aliphatic hydroxyl groups excluding tert-OH is 1. The van der Waals surface area contributed by atoms with Gasteiger partial charge in [-0.15, -0.1) is 0 Å². The highest BCUT2D eigenvalue weighted by Gasteiger charge is 2.43. The molecule has 2 unspecified atom stereocenters. The Balaban J connectivity index is 1.72. The molecular formula is C21H30O5. The van der Waals surface area contributed by atoms with Crippen molar-refractivity contribution >= 4 is 0 Å². The third kappa shape index (κ3) is 6.30. The highest BCUT2D eigenvalue weighted by molar-refractivity contribution is 5.26. The summed E-state index contributed by atoms with van der Waals surface area (Å²) in [6.07, 6.45) is 0.999. The first-order valence-corrected chi connectivity index (χ1v) is 9.18. The molecule has 1 aliphatic rings. The maximum Gasteiger partial charge on any atom is 0.163 e. The van der Waals surface area contributed by atoms with E-state index >= 15 is 0 Å². The molecule has 1 aromatic rings. The van der Waals surface area contributed by atoms with Crippen LogP contribution in [0.15, 0.2) is 24.3 Å². The summed E-state index contributed by atoms with van der Waals surface area (Å²) in [7, 11) is 1.65. The van der Waals surface area contributed by atoms with Crippen LogP contribution in [0.25, 0.3) is 0 Å². The first kappa shape index (κ1) is 20.7. The van der Waals surface area contributed by atoms with Crippen LogP contribution >= 0.6 is 0 Å². The second-order valence-electron chi connectivity index (χ2n) is 6.84. The summed E-state index contributed by atoms with van der Waals surface area (Å²) in [5.41, 5.74) is 1.08. The first-order chi connectivity index (χ1) is 12.4. The molecule has 1 heterocycles. The Hall–Kier alpha value is -1.58. The monoisotopic (exact) mass is 362 g/mol. The van der Waals surface area contributed by atoms with Crippen molar-refractivity contribution < 1.29 is 24.1 Å². The van der Waals surface area contributed by atoms with Gasteiger partial charge in [0, 0.05) is 6.42 Å². The second kappa shape index (κ2) is 9.94. The number of rotatable bonds is 8. The van der Waals surface area contributed by atoms with Crippen LogP contribution in [0.5, 0.6) is 5.75 Å². The molecule has 26 heavy (non-hydrogen) atoms. The van der Waals surface area contributed by atoms with Gasteiger partial charge in [0.1, 0.15) is 18.0 Å². The van der Waals surface area contributed by atoms with Crippen LogP contribution in [0.1, 0.15) is 45.6 Å². The fourth-order valence-corrected chi connectivity index (χ4v) is 2.93. The predicted octanol–water partition coefficient (Wildman–Crippen LogP) is 3.29. The Bertz CT molecular complexity index is 599. The largest absolute Gasteiger partial charge is 0.497 e. The average molecular weight is 362 g/mol. The summed E-state index contributed by atoms with van der Waals surface area (Å²) in [5.74, 6) is 6.00. The highest BCUT2D eigenvalue weighted by atomic mass is 16.8. The maximum absolute atomic E-state index is 10.3. The fraction of sp³-hybridized carbons (Fsp3) is 0.619. The quantitative estimate of drug-likeness (QED) is 0.568. The lowest BCUT2D eigenvalue weighted by molar-refractivity contribution is -0.152. The van der Waals surface area contributed by atoms with Gasteiger partial charge in [0.2, 0.25) is 0 Å². The highest BCUT2D eigenvalue weighted by Crippen LogP contribution is 2.32. The zero-order chi connectivity index (χ0) is 19.0. The van der Waals surface area contributed by atoms with Gasteiger partial charge in [-0.2, -0.15) is 0 Å². The number of aliphatic hydroxyl groups is 1. The number of ether oxygens (including phenoxy) is 4. The lowest BCUT2D eigenvalue weighted by atomic mass is 10.0.